The number of rotatable bonds is 4. The first-order valence-electron chi connectivity index (χ1n) is 9.36. The number of nitrogens with one attached hydrogen (secondary N) is 1. The lowest BCUT2D eigenvalue weighted by molar-refractivity contribution is 0.864. The lowest BCUT2D eigenvalue weighted by atomic mass is 10.2. The summed E-state index contributed by atoms with van der Waals surface area (Å²) in [6, 6.07) is 12.6. The number of guanidine groups is 1. The summed E-state index contributed by atoms with van der Waals surface area (Å²) in [5.41, 5.74) is 3.69. The molecule has 0 saturated carbocycles. The second-order valence-electron chi connectivity index (χ2n) is 6.53. The minimum absolute atomic E-state index is 0.557. The Hall–Kier alpha value is -3.15. The highest BCUT2D eigenvalue weighted by molar-refractivity contribution is 5.97. The summed E-state index contributed by atoms with van der Waals surface area (Å²) >= 11 is 0. The molecule has 1 aromatic carbocycles. The van der Waals surface area contributed by atoms with Gasteiger partial charge < -0.3 is 10.2 Å². The topological polar surface area (TPSA) is 58.3 Å². The zero-order chi connectivity index (χ0) is 18.6. The minimum atomic E-state index is 0.557. The van der Waals surface area contributed by atoms with E-state index in [0.29, 0.717) is 6.54 Å². The summed E-state index contributed by atoms with van der Waals surface area (Å²) in [6.45, 7) is 6.42. The van der Waals surface area contributed by atoms with Gasteiger partial charge in [-0.1, -0.05) is 24.3 Å². The molecule has 4 rings (SSSR count). The van der Waals surface area contributed by atoms with Gasteiger partial charge in [-0.15, -0.1) is 0 Å². The molecule has 0 atom stereocenters. The fraction of sp³-hybridized carbons (Fsp3) is 0.286. The van der Waals surface area contributed by atoms with Crippen LogP contribution in [0.3, 0.4) is 0 Å². The number of hydrogen-bond acceptors (Lipinski definition) is 3. The maximum Gasteiger partial charge on any atom is 0.198 e. The van der Waals surface area contributed by atoms with Gasteiger partial charge in [0.15, 0.2) is 5.96 Å². The van der Waals surface area contributed by atoms with Gasteiger partial charge in [0.1, 0.15) is 11.6 Å². The lowest BCUT2D eigenvalue weighted by Crippen LogP contribution is -2.40. The zero-order valence-electron chi connectivity index (χ0n) is 15.8. The molecule has 1 N–H and O–H groups in total. The summed E-state index contributed by atoms with van der Waals surface area (Å²) < 4.78 is 2.00. The number of aromatic nitrogens is 3. The molecule has 1 aliphatic heterocycles. The molecule has 0 spiro atoms. The Labute approximate surface area is 159 Å². The molecule has 0 saturated heterocycles. The van der Waals surface area contributed by atoms with E-state index >= 15 is 0 Å². The van der Waals surface area contributed by atoms with Crippen LogP contribution in [-0.4, -0.2) is 33.6 Å². The fourth-order valence-corrected chi connectivity index (χ4v) is 3.49. The number of aryl methyl sites for hydroxylation is 1. The summed E-state index contributed by atoms with van der Waals surface area (Å²) in [6.07, 6.45) is 6.59. The van der Waals surface area contributed by atoms with E-state index in [1.807, 2.05) is 30.0 Å². The van der Waals surface area contributed by atoms with Crippen LogP contribution in [0.1, 0.15) is 23.9 Å². The Morgan fingerprint density at radius 3 is 2.85 bits per heavy atom. The van der Waals surface area contributed by atoms with Crippen LogP contribution < -0.4 is 10.2 Å². The van der Waals surface area contributed by atoms with Crippen LogP contribution in [0.4, 0.5) is 5.69 Å². The molecule has 1 aliphatic rings. The Bertz CT molecular complexity index is 959. The monoisotopic (exact) mass is 360 g/mol. The van der Waals surface area contributed by atoms with Crippen molar-refractivity contribution in [3.63, 3.8) is 0 Å². The quantitative estimate of drug-likeness (QED) is 0.574. The van der Waals surface area contributed by atoms with Crippen molar-refractivity contribution in [2.75, 3.05) is 18.0 Å². The predicted molar refractivity (Wildman–Crippen MR) is 108 cm³/mol. The van der Waals surface area contributed by atoms with Gasteiger partial charge in [-0.2, -0.15) is 0 Å². The zero-order valence-corrected chi connectivity index (χ0v) is 15.8. The summed E-state index contributed by atoms with van der Waals surface area (Å²) in [7, 11) is 0. The number of benzene rings is 1. The number of anilines is 1. The Balaban J connectivity index is 1.64. The number of imidazole rings is 1. The van der Waals surface area contributed by atoms with Crippen LogP contribution in [-0.2, 0) is 13.0 Å². The molecule has 3 heterocycles. The number of para-hydroxylation sites is 1. The maximum absolute atomic E-state index is 4.92. The molecule has 6 nitrogen and oxygen atoms in total. The van der Waals surface area contributed by atoms with Crippen molar-refractivity contribution in [1.29, 1.82) is 0 Å². The Morgan fingerprint density at radius 2 is 2.04 bits per heavy atom. The third-order valence-corrected chi connectivity index (χ3v) is 4.80. The largest absolute Gasteiger partial charge is 0.356 e. The van der Waals surface area contributed by atoms with Crippen molar-refractivity contribution in [3.8, 4) is 5.82 Å². The predicted octanol–water partition coefficient (Wildman–Crippen LogP) is 3.10. The average Bonchev–Trinajstić information content (AvgIpc) is 3.32. The van der Waals surface area contributed by atoms with Gasteiger partial charge >= 0.3 is 0 Å². The van der Waals surface area contributed by atoms with E-state index in [-0.39, 0.29) is 0 Å². The molecular weight excluding hydrogens is 336 g/mol. The molecule has 138 valence electrons. The van der Waals surface area contributed by atoms with Gasteiger partial charge in [0.05, 0.1) is 6.54 Å². The molecule has 2 aromatic heterocycles. The van der Waals surface area contributed by atoms with Gasteiger partial charge in [-0.25, -0.2) is 15.0 Å². The molecule has 27 heavy (non-hydrogen) atoms. The molecule has 0 fully saturated rings. The van der Waals surface area contributed by atoms with Crippen molar-refractivity contribution >= 4 is 11.6 Å². The van der Waals surface area contributed by atoms with E-state index in [1.165, 1.54) is 11.3 Å². The summed E-state index contributed by atoms with van der Waals surface area (Å²) in [4.78, 5) is 16.1. The number of hydrogen-bond donors (Lipinski definition) is 1. The molecule has 6 heteroatoms. The van der Waals surface area contributed by atoms with Crippen LogP contribution in [0.5, 0.6) is 0 Å². The summed E-state index contributed by atoms with van der Waals surface area (Å²) in [5, 5.41) is 3.44. The van der Waals surface area contributed by atoms with E-state index in [0.717, 1.165) is 42.7 Å². The van der Waals surface area contributed by atoms with Crippen LogP contribution in [0.15, 0.2) is 60.0 Å². The van der Waals surface area contributed by atoms with E-state index in [4.69, 9.17) is 4.99 Å². The van der Waals surface area contributed by atoms with Crippen molar-refractivity contribution in [2.24, 2.45) is 4.99 Å². The first-order valence-corrected chi connectivity index (χ1v) is 9.36. The number of aliphatic imine (C=N–C) groups is 1. The standard InChI is InChI=1S/C21H24N6/c1-3-22-21(27-13-10-17-7-4-5-9-19(17)27)25-15-18-8-6-11-24-20(18)26-14-12-23-16(26)2/h4-9,11-12,14H,3,10,13,15H2,1-2H3,(H,22,25). The average molecular weight is 360 g/mol. The SMILES string of the molecule is CCNC(=NCc1cccnc1-n1ccnc1C)N1CCc2ccccc21. The van der Waals surface area contributed by atoms with Gasteiger partial charge in [0.25, 0.3) is 0 Å². The number of nitrogens with zero attached hydrogens (tertiary/aromatic N) is 5. The minimum Gasteiger partial charge on any atom is -0.356 e. The van der Waals surface area contributed by atoms with Crippen LogP contribution in [0.25, 0.3) is 5.82 Å². The maximum atomic E-state index is 4.92. The van der Waals surface area contributed by atoms with Crippen molar-refractivity contribution in [3.05, 3.63) is 71.9 Å². The van der Waals surface area contributed by atoms with Crippen LogP contribution >= 0.6 is 0 Å². The van der Waals surface area contributed by atoms with Crippen molar-refractivity contribution < 1.29 is 0 Å². The molecular formula is C21H24N6. The molecule has 0 amide bonds. The lowest BCUT2D eigenvalue weighted by Gasteiger charge is -2.22. The van der Waals surface area contributed by atoms with Gasteiger partial charge in [0.2, 0.25) is 0 Å². The first kappa shape index (κ1) is 17.3. The molecule has 3 aromatic rings. The van der Waals surface area contributed by atoms with Crippen molar-refractivity contribution in [1.82, 2.24) is 19.9 Å². The van der Waals surface area contributed by atoms with E-state index < -0.39 is 0 Å². The van der Waals surface area contributed by atoms with Crippen molar-refractivity contribution in [2.45, 2.75) is 26.8 Å². The molecule has 0 bridgehead atoms. The highest BCUT2D eigenvalue weighted by atomic mass is 15.3. The van der Waals surface area contributed by atoms with Gasteiger partial charge in [-0.05, 0) is 38.0 Å². The second kappa shape index (κ2) is 7.61. The van der Waals surface area contributed by atoms with Crippen LogP contribution in [0, 0.1) is 6.92 Å². The highest BCUT2D eigenvalue weighted by Gasteiger charge is 2.22. The highest BCUT2D eigenvalue weighted by Crippen LogP contribution is 2.27. The fourth-order valence-electron chi connectivity index (χ4n) is 3.49. The Kier molecular flexibility index (Phi) is 4.87. The number of pyridine rings is 1. The van der Waals surface area contributed by atoms with Crippen LogP contribution in [0.2, 0.25) is 0 Å². The Morgan fingerprint density at radius 1 is 1.15 bits per heavy atom. The molecule has 0 unspecified atom stereocenters. The first-order chi connectivity index (χ1) is 13.3. The smallest absolute Gasteiger partial charge is 0.198 e. The molecule has 0 radical (unpaired) electrons. The van der Waals surface area contributed by atoms with E-state index in [9.17, 15) is 0 Å². The summed E-state index contributed by atoms with van der Waals surface area (Å²) in [5.74, 6) is 2.72. The van der Waals surface area contributed by atoms with Gasteiger partial charge in [-0.3, -0.25) is 4.57 Å². The number of fused-ring (bicyclic) bond motifs is 1. The van der Waals surface area contributed by atoms with E-state index in [1.54, 1.807) is 6.20 Å². The third-order valence-electron chi connectivity index (χ3n) is 4.80. The van der Waals surface area contributed by atoms with Gasteiger partial charge in [0, 0.05) is 42.9 Å². The normalized spacial score (nSPS) is 13.7. The van der Waals surface area contributed by atoms with E-state index in [2.05, 4.69) is 57.4 Å². The third kappa shape index (κ3) is 3.43. The second-order valence-corrected chi connectivity index (χ2v) is 6.53. The molecule has 0 aliphatic carbocycles.